The molecular weight excluding hydrogens is 320 g/mol. The summed E-state index contributed by atoms with van der Waals surface area (Å²) in [5.41, 5.74) is 1.24. The number of aryl methyl sites for hydroxylation is 2. The van der Waals surface area contributed by atoms with Gasteiger partial charge in [0.25, 0.3) is 0 Å². The lowest BCUT2D eigenvalue weighted by atomic mass is 10.1. The van der Waals surface area contributed by atoms with Gasteiger partial charge in [0.1, 0.15) is 22.3 Å². The molecule has 1 atom stereocenters. The Morgan fingerprint density at radius 1 is 1.17 bits per heavy atom. The van der Waals surface area contributed by atoms with Gasteiger partial charge in [0, 0.05) is 19.0 Å². The summed E-state index contributed by atoms with van der Waals surface area (Å²) >= 11 is 1.69. The third-order valence-corrected chi connectivity index (χ3v) is 5.70. The summed E-state index contributed by atoms with van der Waals surface area (Å²) in [5, 5.41) is 12.2. The van der Waals surface area contributed by atoms with E-state index in [1.165, 1.54) is 10.9 Å². The van der Waals surface area contributed by atoms with Gasteiger partial charge in [-0.2, -0.15) is 0 Å². The molecule has 7 heteroatoms. The van der Waals surface area contributed by atoms with Crippen LogP contribution < -0.4 is 4.90 Å². The Hall–Kier alpha value is -2.02. The fourth-order valence-corrected chi connectivity index (χ4v) is 4.46. The fourth-order valence-electron chi connectivity index (χ4n) is 3.50. The molecule has 0 saturated carbocycles. The third kappa shape index (κ3) is 2.22. The van der Waals surface area contributed by atoms with Gasteiger partial charge in [0.15, 0.2) is 5.82 Å². The van der Waals surface area contributed by atoms with Gasteiger partial charge in [-0.15, -0.1) is 21.5 Å². The Bertz CT molecular complexity index is 909. The highest BCUT2D eigenvalue weighted by Gasteiger charge is 2.31. The molecule has 1 aliphatic rings. The first-order valence-corrected chi connectivity index (χ1v) is 9.27. The van der Waals surface area contributed by atoms with Gasteiger partial charge < -0.3 is 9.47 Å². The number of nitrogens with zero attached hydrogens (tertiary/aromatic N) is 6. The van der Waals surface area contributed by atoms with Crippen LogP contribution in [0.25, 0.3) is 10.2 Å². The average molecular weight is 342 g/mol. The van der Waals surface area contributed by atoms with Crippen LogP contribution in [0.1, 0.15) is 55.8 Å². The summed E-state index contributed by atoms with van der Waals surface area (Å²) in [5.74, 6) is 4.34. The van der Waals surface area contributed by atoms with Crippen molar-refractivity contribution in [3.05, 3.63) is 28.4 Å². The van der Waals surface area contributed by atoms with Gasteiger partial charge in [0.05, 0.1) is 11.4 Å². The van der Waals surface area contributed by atoms with Crippen LogP contribution in [0.3, 0.4) is 0 Å². The quantitative estimate of drug-likeness (QED) is 0.712. The number of hydrogen-bond acceptors (Lipinski definition) is 6. The summed E-state index contributed by atoms with van der Waals surface area (Å²) in [7, 11) is 0. The first-order valence-electron chi connectivity index (χ1n) is 8.39. The van der Waals surface area contributed by atoms with E-state index in [4.69, 9.17) is 4.98 Å². The van der Waals surface area contributed by atoms with Crippen molar-refractivity contribution in [3.63, 3.8) is 0 Å². The maximum absolute atomic E-state index is 4.79. The van der Waals surface area contributed by atoms with Crippen molar-refractivity contribution in [3.8, 4) is 0 Å². The number of fused-ring (bicyclic) bond motifs is 2. The van der Waals surface area contributed by atoms with E-state index in [2.05, 4.69) is 57.7 Å². The maximum Gasteiger partial charge on any atom is 0.155 e. The monoisotopic (exact) mass is 342 g/mol. The Labute approximate surface area is 145 Å². The second-order valence-electron chi connectivity index (χ2n) is 6.79. The molecular formula is C17H22N6S. The van der Waals surface area contributed by atoms with Crippen molar-refractivity contribution in [2.45, 2.75) is 53.1 Å². The second-order valence-corrected chi connectivity index (χ2v) is 7.64. The van der Waals surface area contributed by atoms with E-state index >= 15 is 0 Å². The number of rotatable bonds is 2. The Morgan fingerprint density at radius 2 is 1.96 bits per heavy atom. The molecule has 4 heterocycles. The highest BCUT2D eigenvalue weighted by atomic mass is 32.1. The fraction of sp³-hybridized carbons (Fsp3) is 0.529. The van der Waals surface area contributed by atoms with E-state index < -0.39 is 0 Å². The summed E-state index contributed by atoms with van der Waals surface area (Å²) in [4.78, 5) is 12.8. The van der Waals surface area contributed by atoms with Crippen molar-refractivity contribution in [1.29, 1.82) is 0 Å². The molecule has 0 aromatic carbocycles. The predicted molar refractivity (Wildman–Crippen MR) is 96.8 cm³/mol. The van der Waals surface area contributed by atoms with Crippen LogP contribution in [0.4, 0.5) is 5.82 Å². The molecule has 1 unspecified atom stereocenters. The van der Waals surface area contributed by atoms with E-state index in [9.17, 15) is 0 Å². The van der Waals surface area contributed by atoms with Gasteiger partial charge >= 0.3 is 0 Å². The van der Waals surface area contributed by atoms with Gasteiger partial charge in [-0.05, 0) is 31.7 Å². The van der Waals surface area contributed by atoms with Crippen LogP contribution in [-0.4, -0.2) is 31.3 Å². The van der Waals surface area contributed by atoms with E-state index in [0.717, 1.165) is 41.2 Å². The third-order valence-electron chi connectivity index (χ3n) is 4.71. The molecule has 0 N–H and O–H groups in total. The second kappa shape index (κ2) is 5.51. The summed E-state index contributed by atoms with van der Waals surface area (Å²) < 4.78 is 2.28. The molecule has 0 bridgehead atoms. The van der Waals surface area contributed by atoms with Crippen LogP contribution in [0, 0.1) is 13.8 Å². The first-order chi connectivity index (χ1) is 11.5. The lowest BCUT2D eigenvalue weighted by molar-refractivity contribution is 0.477. The normalized spacial score (nSPS) is 17.8. The summed E-state index contributed by atoms with van der Waals surface area (Å²) in [6.07, 6.45) is 0. The van der Waals surface area contributed by atoms with Gasteiger partial charge in [0.2, 0.25) is 0 Å². The molecule has 0 amide bonds. The van der Waals surface area contributed by atoms with Crippen molar-refractivity contribution in [1.82, 2.24) is 24.7 Å². The highest BCUT2D eigenvalue weighted by molar-refractivity contribution is 7.17. The molecule has 0 aliphatic carbocycles. The zero-order valence-corrected chi connectivity index (χ0v) is 15.6. The van der Waals surface area contributed by atoms with Crippen LogP contribution in [0.15, 0.2) is 5.38 Å². The van der Waals surface area contributed by atoms with E-state index in [0.29, 0.717) is 5.92 Å². The van der Waals surface area contributed by atoms with Gasteiger partial charge in [-0.25, -0.2) is 9.97 Å². The molecule has 0 saturated heterocycles. The molecule has 3 aromatic rings. The van der Waals surface area contributed by atoms with Crippen molar-refractivity contribution >= 4 is 27.4 Å². The topological polar surface area (TPSA) is 59.7 Å². The molecule has 3 aromatic heterocycles. The number of hydrogen-bond donors (Lipinski definition) is 0. The standard InChI is InChI=1S/C17H22N6S/c1-9(2)14-20-21-15-11(4)22(6-7-23(14)15)16-13-10(3)8-24-17(13)19-12(5)18-16/h8-9,11H,6-7H2,1-5H3. The van der Waals surface area contributed by atoms with E-state index in [1.807, 2.05) is 6.92 Å². The van der Waals surface area contributed by atoms with E-state index in [1.54, 1.807) is 11.3 Å². The minimum absolute atomic E-state index is 0.149. The molecule has 0 spiro atoms. The SMILES string of the molecule is Cc1nc(N2CCn3c(C(C)C)nnc3C2C)c2c(C)csc2n1. The lowest BCUT2D eigenvalue weighted by Gasteiger charge is -2.35. The van der Waals surface area contributed by atoms with Crippen LogP contribution >= 0.6 is 11.3 Å². The number of anilines is 1. The summed E-state index contributed by atoms with van der Waals surface area (Å²) in [6, 6.07) is 0.149. The first kappa shape index (κ1) is 15.5. The van der Waals surface area contributed by atoms with Crippen LogP contribution in [0.5, 0.6) is 0 Å². The maximum atomic E-state index is 4.79. The molecule has 24 heavy (non-hydrogen) atoms. The Kier molecular flexibility index (Phi) is 3.56. The minimum atomic E-state index is 0.149. The zero-order chi connectivity index (χ0) is 17.0. The minimum Gasteiger partial charge on any atom is -0.344 e. The van der Waals surface area contributed by atoms with Crippen molar-refractivity contribution in [2.24, 2.45) is 0 Å². The Morgan fingerprint density at radius 3 is 2.71 bits per heavy atom. The smallest absolute Gasteiger partial charge is 0.155 e. The van der Waals surface area contributed by atoms with E-state index in [-0.39, 0.29) is 6.04 Å². The highest BCUT2D eigenvalue weighted by Crippen LogP contribution is 2.37. The molecule has 4 rings (SSSR count). The zero-order valence-electron chi connectivity index (χ0n) is 14.7. The van der Waals surface area contributed by atoms with Crippen LogP contribution in [0.2, 0.25) is 0 Å². The number of aromatic nitrogens is 5. The molecule has 126 valence electrons. The molecule has 0 fully saturated rings. The Balaban J connectivity index is 1.83. The lowest BCUT2D eigenvalue weighted by Crippen LogP contribution is -2.38. The average Bonchev–Trinajstić information content (AvgIpc) is 3.12. The predicted octanol–water partition coefficient (Wildman–Crippen LogP) is 3.60. The number of thiophene rings is 1. The van der Waals surface area contributed by atoms with Crippen molar-refractivity contribution < 1.29 is 0 Å². The largest absolute Gasteiger partial charge is 0.344 e. The van der Waals surface area contributed by atoms with Crippen molar-refractivity contribution in [2.75, 3.05) is 11.4 Å². The van der Waals surface area contributed by atoms with Gasteiger partial charge in [-0.3, -0.25) is 0 Å². The molecule has 6 nitrogen and oxygen atoms in total. The van der Waals surface area contributed by atoms with Crippen LogP contribution in [-0.2, 0) is 6.54 Å². The summed E-state index contributed by atoms with van der Waals surface area (Å²) in [6.45, 7) is 12.4. The molecule has 1 aliphatic heterocycles. The van der Waals surface area contributed by atoms with Gasteiger partial charge in [-0.1, -0.05) is 13.8 Å². The molecule has 0 radical (unpaired) electrons.